The number of nitrogens with one attached hydrogen (secondary N) is 1. The van der Waals surface area contributed by atoms with Crippen LogP contribution in [-0.2, 0) is 14.3 Å². The van der Waals surface area contributed by atoms with Crippen LogP contribution in [0.15, 0.2) is 12.2 Å². The molecule has 9 bridgehead atoms. The summed E-state index contributed by atoms with van der Waals surface area (Å²) in [5.74, 6) is 1.38. The zero-order valence-corrected chi connectivity index (χ0v) is 16.1. The van der Waals surface area contributed by atoms with Crippen molar-refractivity contribution < 1.29 is 19.4 Å². The van der Waals surface area contributed by atoms with Gasteiger partial charge in [0.1, 0.15) is 12.3 Å². The smallest absolute Gasteiger partial charge is 0.303 e. The number of rotatable bonds is 1. The van der Waals surface area contributed by atoms with Gasteiger partial charge in [-0.05, 0) is 55.4 Å². The first-order chi connectivity index (χ1) is 12.8. The van der Waals surface area contributed by atoms with Crippen molar-refractivity contribution in [2.45, 2.75) is 76.5 Å². The van der Waals surface area contributed by atoms with Gasteiger partial charge < -0.3 is 14.6 Å². The van der Waals surface area contributed by atoms with Crippen LogP contribution in [0, 0.1) is 39.9 Å². The van der Waals surface area contributed by atoms with Crippen molar-refractivity contribution in [2.24, 2.45) is 39.9 Å². The summed E-state index contributed by atoms with van der Waals surface area (Å²) in [7, 11) is 0. The SMILES string of the molecule is C=C1[C@H]2C[C@@]3([C@@H]1OC(C)=O)[C@@H](C[C@@H]2O)[C@@]12[C@@H]4CC[C@@]5(C)[C@H](N[C@@H]1[C@@H]3C[C@H]52)O4. The van der Waals surface area contributed by atoms with Crippen LogP contribution in [0.1, 0.15) is 46.0 Å². The Morgan fingerprint density at radius 3 is 2.96 bits per heavy atom. The van der Waals surface area contributed by atoms with E-state index >= 15 is 0 Å². The summed E-state index contributed by atoms with van der Waals surface area (Å²) in [6, 6.07) is 0.444. The van der Waals surface area contributed by atoms with Gasteiger partial charge in [-0.2, -0.15) is 0 Å². The maximum atomic E-state index is 12.0. The fourth-order valence-electron chi connectivity index (χ4n) is 10.1. The van der Waals surface area contributed by atoms with E-state index in [0.717, 1.165) is 24.8 Å². The Balaban J connectivity index is 1.45. The van der Waals surface area contributed by atoms with Gasteiger partial charge >= 0.3 is 5.97 Å². The molecular formula is C22H29NO4. The quantitative estimate of drug-likeness (QED) is 0.545. The molecule has 5 heteroatoms. The highest BCUT2D eigenvalue weighted by Crippen LogP contribution is 2.85. The highest BCUT2D eigenvalue weighted by atomic mass is 16.5. The topological polar surface area (TPSA) is 67.8 Å². The predicted molar refractivity (Wildman–Crippen MR) is 96.3 cm³/mol. The molecule has 0 radical (unpaired) electrons. The van der Waals surface area contributed by atoms with Gasteiger partial charge in [0.25, 0.3) is 0 Å². The maximum Gasteiger partial charge on any atom is 0.303 e. The van der Waals surface area contributed by atoms with Crippen molar-refractivity contribution >= 4 is 5.97 Å². The molecule has 9 rings (SSSR count). The minimum Gasteiger partial charge on any atom is -0.457 e. The molecule has 4 heterocycles. The molecule has 4 aliphatic heterocycles. The van der Waals surface area contributed by atoms with Gasteiger partial charge in [-0.3, -0.25) is 10.1 Å². The zero-order chi connectivity index (χ0) is 18.5. The first-order valence-electron chi connectivity index (χ1n) is 10.8. The summed E-state index contributed by atoms with van der Waals surface area (Å²) >= 11 is 0. The highest BCUT2D eigenvalue weighted by Gasteiger charge is 2.88. The molecule has 5 nitrogen and oxygen atoms in total. The van der Waals surface area contributed by atoms with Crippen molar-refractivity contribution in [3.63, 3.8) is 0 Å². The van der Waals surface area contributed by atoms with Crippen LogP contribution in [0.2, 0.25) is 0 Å². The van der Waals surface area contributed by atoms with E-state index in [0.29, 0.717) is 29.9 Å². The van der Waals surface area contributed by atoms with E-state index in [1.54, 1.807) is 0 Å². The lowest BCUT2D eigenvalue weighted by atomic mass is 9.42. The predicted octanol–water partition coefficient (Wildman–Crippen LogP) is 1.99. The van der Waals surface area contributed by atoms with Crippen LogP contribution in [0.25, 0.3) is 0 Å². The lowest BCUT2D eigenvalue weighted by Crippen LogP contribution is -2.78. The van der Waals surface area contributed by atoms with Crippen LogP contribution in [-0.4, -0.2) is 41.7 Å². The van der Waals surface area contributed by atoms with E-state index in [-0.39, 0.29) is 46.6 Å². The van der Waals surface area contributed by atoms with E-state index in [9.17, 15) is 9.90 Å². The molecule has 5 saturated carbocycles. The number of hydrogen-bond acceptors (Lipinski definition) is 5. The average Bonchev–Trinajstić information content (AvgIpc) is 3.15. The molecule has 0 aromatic rings. The van der Waals surface area contributed by atoms with Gasteiger partial charge in [0, 0.05) is 35.1 Å². The summed E-state index contributed by atoms with van der Waals surface area (Å²) < 4.78 is 12.6. The van der Waals surface area contributed by atoms with Crippen molar-refractivity contribution in [3.05, 3.63) is 12.2 Å². The number of aliphatic hydroxyl groups excluding tert-OH is 1. The van der Waals surface area contributed by atoms with Crippen LogP contribution in [0.4, 0.5) is 0 Å². The Morgan fingerprint density at radius 1 is 1.37 bits per heavy atom. The summed E-state index contributed by atoms with van der Waals surface area (Å²) in [6.07, 6.45) is 5.21. The number of hydrogen-bond donors (Lipinski definition) is 2. The molecule has 27 heavy (non-hydrogen) atoms. The summed E-state index contributed by atoms with van der Waals surface area (Å²) in [4.78, 5) is 12.0. The zero-order valence-electron chi connectivity index (χ0n) is 16.1. The number of carbonyl (C=O) groups excluding carboxylic acids is 1. The molecule has 0 aromatic heterocycles. The molecule has 146 valence electrons. The lowest BCUT2D eigenvalue weighted by Gasteiger charge is -2.71. The van der Waals surface area contributed by atoms with E-state index in [1.165, 1.54) is 19.8 Å². The third-order valence-electron chi connectivity index (χ3n) is 10.6. The second-order valence-corrected chi connectivity index (χ2v) is 10.9. The van der Waals surface area contributed by atoms with Crippen LogP contribution < -0.4 is 5.32 Å². The monoisotopic (exact) mass is 371 g/mol. The highest BCUT2D eigenvalue weighted by molar-refractivity contribution is 5.67. The van der Waals surface area contributed by atoms with Gasteiger partial charge in [0.2, 0.25) is 0 Å². The van der Waals surface area contributed by atoms with Gasteiger partial charge in [-0.25, -0.2) is 0 Å². The molecule has 0 unspecified atom stereocenters. The Morgan fingerprint density at radius 2 is 2.19 bits per heavy atom. The maximum absolute atomic E-state index is 12.0. The van der Waals surface area contributed by atoms with E-state index in [1.807, 2.05) is 0 Å². The van der Waals surface area contributed by atoms with Crippen LogP contribution in [0.5, 0.6) is 0 Å². The van der Waals surface area contributed by atoms with E-state index in [4.69, 9.17) is 9.47 Å². The van der Waals surface area contributed by atoms with Crippen LogP contribution in [0.3, 0.4) is 0 Å². The average molecular weight is 371 g/mol. The standard InChI is InChI=1S/C22H29NO4/c1-9-11-8-21(18(9)26-10(2)24)12-6-14-20(3)5-4-16-22(14,15(21)7-13(11)25)17(12)23-19(20)27-16/h11-19,23,25H,1,4-8H2,2-3H3/t11-,12+,13+,14-,15-,16+,17-,18-,19-,20-,21+,22+/m1/s1. The Labute approximate surface area is 159 Å². The number of fused-ring (bicyclic) bond motifs is 2. The Hall–Kier alpha value is -0.910. The van der Waals surface area contributed by atoms with Gasteiger partial charge in [-0.1, -0.05) is 13.5 Å². The molecule has 4 saturated heterocycles. The fraction of sp³-hybridized carbons (Fsp3) is 0.864. The molecule has 0 amide bonds. The Kier molecular flexibility index (Phi) is 2.55. The first-order valence-corrected chi connectivity index (χ1v) is 10.8. The summed E-state index contributed by atoms with van der Waals surface area (Å²) in [6.45, 7) is 8.27. The van der Waals surface area contributed by atoms with E-state index < -0.39 is 0 Å². The normalized spacial score (nSPS) is 66.3. The molecular weight excluding hydrogens is 342 g/mol. The minimum absolute atomic E-state index is 0.0556. The fourth-order valence-corrected chi connectivity index (χ4v) is 10.1. The number of piperidine rings is 1. The Bertz CT molecular complexity index is 797. The molecule has 2 N–H and O–H groups in total. The third kappa shape index (κ3) is 1.34. The molecule has 2 spiro atoms. The second-order valence-electron chi connectivity index (χ2n) is 10.9. The van der Waals surface area contributed by atoms with Crippen LogP contribution >= 0.6 is 0 Å². The molecule has 0 aromatic carbocycles. The summed E-state index contributed by atoms with van der Waals surface area (Å²) in [5.41, 5.74) is 1.21. The van der Waals surface area contributed by atoms with Crippen molar-refractivity contribution in [2.75, 3.05) is 0 Å². The molecule has 5 aliphatic carbocycles. The number of esters is 1. The number of ether oxygens (including phenoxy) is 2. The minimum atomic E-state index is -0.366. The van der Waals surface area contributed by atoms with Gasteiger partial charge in [0.15, 0.2) is 0 Å². The number of carbonyl (C=O) groups is 1. The lowest BCUT2D eigenvalue weighted by molar-refractivity contribution is -0.330. The third-order valence-corrected chi connectivity index (χ3v) is 10.6. The second kappa shape index (κ2) is 4.31. The van der Waals surface area contributed by atoms with Gasteiger partial charge in [0.05, 0.1) is 12.2 Å². The van der Waals surface area contributed by atoms with Crippen molar-refractivity contribution in [3.8, 4) is 0 Å². The van der Waals surface area contributed by atoms with Gasteiger partial charge in [-0.15, -0.1) is 0 Å². The molecule has 9 fully saturated rings. The first kappa shape index (κ1) is 15.9. The molecule has 9 aliphatic rings. The van der Waals surface area contributed by atoms with Crippen molar-refractivity contribution in [1.82, 2.24) is 5.32 Å². The largest absolute Gasteiger partial charge is 0.457 e. The van der Waals surface area contributed by atoms with E-state index in [2.05, 4.69) is 18.8 Å². The number of aliphatic hydroxyl groups is 1. The summed E-state index contributed by atoms with van der Waals surface area (Å²) in [5, 5.41) is 15.0. The van der Waals surface area contributed by atoms with Crippen molar-refractivity contribution in [1.29, 1.82) is 0 Å². The molecule has 12 atom stereocenters.